The summed E-state index contributed by atoms with van der Waals surface area (Å²) in [6, 6.07) is 18.5. The van der Waals surface area contributed by atoms with E-state index >= 15 is 0 Å². The van der Waals surface area contributed by atoms with Crippen molar-refractivity contribution in [3.8, 4) is 11.8 Å². The lowest BCUT2D eigenvalue weighted by molar-refractivity contribution is -0.130. The van der Waals surface area contributed by atoms with Gasteiger partial charge in [0.2, 0.25) is 0 Å². The van der Waals surface area contributed by atoms with Crippen molar-refractivity contribution in [1.82, 2.24) is 4.90 Å². The lowest BCUT2D eigenvalue weighted by Gasteiger charge is -2.23. The molecule has 1 amide bonds. The number of hydrogen-bond donors (Lipinski definition) is 0. The molecule has 5 nitrogen and oxygen atoms in total. The Morgan fingerprint density at radius 1 is 1.27 bits per heavy atom. The topological polar surface area (TPSA) is 65.7 Å². The number of amidine groups is 1. The van der Waals surface area contributed by atoms with Gasteiger partial charge in [0.15, 0.2) is 11.8 Å². The van der Waals surface area contributed by atoms with Crippen LogP contribution in [-0.4, -0.2) is 34.4 Å². The summed E-state index contributed by atoms with van der Waals surface area (Å²) in [7, 11) is 0. The zero-order valence-electron chi connectivity index (χ0n) is 14.5. The van der Waals surface area contributed by atoms with E-state index in [1.54, 1.807) is 40.9 Å². The van der Waals surface area contributed by atoms with Crippen LogP contribution in [0.3, 0.4) is 0 Å². The number of aliphatic imine (C=N–C) groups is 1. The van der Waals surface area contributed by atoms with Gasteiger partial charge in [-0.3, -0.25) is 9.69 Å². The zero-order valence-corrected chi connectivity index (χ0v) is 15.3. The van der Waals surface area contributed by atoms with Crippen LogP contribution in [0.1, 0.15) is 18.9 Å². The van der Waals surface area contributed by atoms with E-state index in [-0.39, 0.29) is 18.6 Å². The van der Waals surface area contributed by atoms with Crippen LogP contribution >= 0.6 is 11.8 Å². The fraction of sp³-hybridized carbons (Fsp3) is 0.250. The van der Waals surface area contributed by atoms with Crippen molar-refractivity contribution in [2.24, 2.45) is 4.99 Å². The lowest BCUT2D eigenvalue weighted by atomic mass is 10.2. The number of carbonyl (C=O) groups excluding carboxylic acids is 1. The molecular weight excluding hydrogens is 346 g/mol. The van der Waals surface area contributed by atoms with E-state index in [0.29, 0.717) is 11.3 Å². The zero-order chi connectivity index (χ0) is 18.4. The van der Waals surface area contributed by atoms with Crippen molar-refractivity contribution >= 4 is 28.5 Å². The summed E-state index contributed by atoms with van der Waals surface area (Å²) in [5.74, 6) is 1.30. The minimum Gasteiger partial charge on any atom is -0.484 e. The summed E-state index contributed by atoms with van der Waals surface area (Å²) in [5.41, 5.74) is 1.39. The monoisotopic (exact) mass is 365 g/mol. The maximum absolute atomic E-state index is 12.8. The van der Waals surface area contributed by atoms with Crippen molar-refractivity contribution in [3.05, 3.63) is 60.2 Å². The van der Waals surface area contributed by atoms with Crippen LogP contribution in [0.4, 0.5) is 5.69 Å². The molecule has 6 heteroatoms. The van der Waals surface area contributed by atoms with Crippen molar-refractivity contribution in [1.29, 1.82) is 5.26 Å². The third kappa shape index (κ3) is 4.24. The van der Waals surface area contributed by atoms with Crippen molar-refractivity contribution in [2.75, 3.05) is 12.4 Å². The van der Waals surface area contributed by atoms with Crippen LogP contribution in [0.2, 0.25) is 0 Å². The van der Waals surface area contributed by atoms with Gasteiger partial charge in [0.25, 0.3) is 5.91 Å². The molecule has 2 aromatic carbocycles. The predicted molar refractivity (Wildman–Crippen MR) is 104 cm³/mol. The standard InChI is InChI=1S/C20H19N3O2S/c1-2-17-14-26-20(22-16-6-4-3-5-7-16)23(17)19(24)13-25-18-10-8-15(12-21)9-11-18/h3-11,17H,2,13-14H2,1H3/t17-/m0/s1. The highest BCUT2D eigenvalue weighted by molar-refractivity contribution is 8.14. The molecule has 0 aliphatic carbocycles. The SMILES string of the molecule is CC[C@H]1CSC(=Nc2ccccc2)N1C(=O)COc1ccc(C#N)cc1. The van der Waals surface area contributed by atoms with E-state index in [1.807, 2.05) is 30.3 Å². The Labute approximate surface area is 157 Å². The molecule has 3 rings (SSSR count). The summed E-state index contributed by atoms with van der Waals surface area (Å²) < 4.78 is 5.61. The first-order chi connectivity index (χ1) is 12.7. The number of rotatable bonds is 5. The second-order valence-corrected chi connectivity index (χ2v) is 6.78. The molecule has 0 N–H and O–H groups in total. The fourth-order valence-corrected chi connectivity index (χ4v) is 3.91. The second-order valence-electron chi connectivity index (χ2n) is 5.79. The van der Waals surface area contributed by atoms with E-state index in [9.17, 15) is 4.79 Å². The number of carbonyl (C=O) groups is 1. The molecule has 26 heavy (non-hydrogen) atoms. The number of para-hydroxylation sites is 1. The van der Waals surface area contributed by atoms with Crippen molar-refractivity contribution < 1.29 is 9.53 Å². The highest BCUT2D eigenvalue weighted by atomic mass is 32.2. The van der Waals surface area contributed by atoms with Gasteiger partial charge in [-0.05, 0) is 42.8 Å². The van der Waals surface area contributed by atoms with Gasteiger partial charge in [0.1, 0.15) is 5.75 Å². The van der Waals surface area contributed by atoms with Crippen LogP contribution in [-0.2, 0) is 4.79 Å². The number of nitrogens with zero attached hydrogens (tertiary/aromatic N) is 3. The summed E-state index contributed by atoms with van der Waals surface area (Å²) in [6.45, 7) is 2.01. The van der Waals surface area contributed by atoms with Crippen molar-refractivity contribution in [3.63, 3.8) is 0 Å². The quantitative estimate of drug-likeness (QED) is 0.804. The molecule has 132 valence electrons. The Kier molecular flexibility index (Phi) is 5.92. The van der Waals surface area contributed by atoms with Gasteiger partial charge in [-0.1, -0.05) is 36.9 Å². The van der Waals surface area contributed by atoms with Gasteiger partial charge < -0.3 is 4.74 Å². The average Bonchev–Trinajstić information content (AvgIpc) is 3.10. The Hall–Kier alpha value is -2.78. The van der Waals surface area contributed by atoms with E-state index < -0.39 is 0 Å². The molecule has 1 aliphatic rings. The largest absolute Gasteiger partial charge is 0.484 e. The second kappa shape index (κ2) is 8.54. The van der Waals surface area contributed by atoms with E-state index in [1.165, 1.54) is 0 Å². The number of ether oxygens (including phenoxy) is 1. The van der Waals surface area contributed by atoms with E-state index in [2.05, 4.69) is 18.0 Å². The van der Waals surface area contributed by atoms with Gasteiger partial charge in [-0.2, -0.15) is 5.26 Å². The molecule has 1 atom stereocenters. The summed E-state index contributed by atoms with van der Waals surface area (Å²) in [6.07, 6.45) is 0.865. The van der Waals surface area contributed by atoms with Crippen LogP contribution in [0.25, 0.3) is 0 Å². The summed E-state index contributed by atoms with van der Waals surface area (Å²) in [5, 5.41) is 9.55. The van der Waals surface area contributed by atoms with Gasteiger partial charge in [0, 0.05) is 11.8 Å². The predicted octanol–water partition coefficient (Wildman–Crippen LogP) is 3.98. The minimum absolute atomic E-state index is 0.0588. The molecule has 1 fully saturated rings. The number of amides is 1. The Morgan fingerprint density at radius 3 is 2.65 bits per heavy atom. The smallest absolute Gasteiger partial charge is 0.266 e. The first kappa shape index (κ1) is 18.0. The molecule has 0 saturated carbocycles. The third-order valence-corrected chi connectivity index (χ3v) is 5.14. The average molecular weight is 365 g/mol. The molecule has 0 aromatic heterocycles. The van der Waals surface area contributed by atoms with Gasteiger partial charge in [-0.15, -0.1) is 0 Å². The minimum atomic E-state index is -0.110. The van der Waals surface area contributed by atoms with Crippen LogP contribution < -0.4 is 4.74 Å². The summed E-state index contributed by atoms with van der Waals surface area (Å²) >= 11 is 1.60. The molecule has 0 radical (unpaired) electrons. The van der Waals surface area contributed by atoms with Gasteiger partial charge >= 0.3 is 0 Å². The molecule has 1 heterocycles. The Morgan fingerprint density at radius 2 is 2.00 bits per heavy atom. The molecule has 0 bridgehead atoms. The summed E-state index contributed by atoms with van der Waals surface area (Å²) in [4.78, 5) is 19.1. The molecule has 0 unspecified atom stereocenters. The van der Waals surface area contributed by atoms with Crippen molar-refractivity contribution in [2.45, 2.75) is 19.4 Å². The molecule has 2 aromatic rings. The molecular formula is C20H19N3O2S. The highest BCUT2D eigenvalue weighted by Gasteiger charge is 2.34. The van der Waals surface area contributed by atoms with Crippen LogP contribution in [0, 0.1) is 11.3 Å². The Bertz CT molecular complexity index is 828. The molecule has 0 spiro atoms. The number of thioether (sulfide) groups is 1. The van der Waals surface area contributed by atoms with Crippen LogP contribution in [0.5, 0.6) is 5.75 Å². The first-order valence-electron chi connectivity index (χ1n) is 8.43. The van der Waals surface area contributed by atoms with Crippen LogP contribution in [0.15, 0.2) is 59.6 Å². The molecule has 1 aliphatic heterocycles. The molecule has 1 saturated heterocycles. The van der Waals surface area contributed by atoms with Gasteiger partial charge in [-0.25, -0.2) is 4.99 Å². The normalized spacial score (nSPS) is 17.9. The number of benzene rings is 2. The third-order valence-electron chi connectivity index (χ3n) is 4.04. The number of nitriles is 1. The van der Waals surface area contributed by atoms with E-state index in [4.69, 9.17) is 10.00 Å². The maximum atomic E-state index is 12.8. The highest BCUT2D eigenvalue weighted by Crippen LogP contribution is 2.29. The van der Waals surface area contributed by atoms with E-state index in [0.717, 1.165) is 23.0 Å². The Balaban J connectivity index is 1.71. The fourth-order valence-electron chi connectivity index (χ4n) is 2.62. The number of hydrogen-bond acceptors (Lipinski definition) is 5. The first-order valence-corrected chi connectivity index (χ1v) is 9.41. The maximum Gasteiger partial charge on any atom is 0.266 e. The van der Waals surface area contributed by atoms with Gasteiger partial charge in [0.05, 0.1) is 17.3 Å². The lowest BCUT2D eigenvalue weighted by Crippen LogP contribution is -2.41.